The second-order valence-electron chi connectivity index (χ2n) is 8.56. The number of benzene rings is 3. The van der Waals surface area contributed by atoms with E-state index >= 15 is 0 Å². The van der Waals surface area contributed by atoms with Gasteiger partial charge in [0.15, 0.2) is 18.1 Å². The van der Waals surface area contributed by atoms with Crippen LogP contribution in [-0.2, 0) is 16.1 Å². The van der Waals surface area contributed by atoms with Gasteiger partial charge in [0, 0.05) is 4.47 Å². The fourth-order valence-corrected chi connectivity index (χ4v) is 5.05. The average molecular weight is 599 g/mol. The number of rotatable bonds is 8. The summed E-state index contributed by atoms with van der Waals surface area (Å²) in [5.41, 5.74) is 4.07. The Hall–Kier alpha value is -3.63. The quantitative estimate of drug-likeness (QED) is 0.299. The summed E-state index contributed by atoms with van der Waals surface area (Å²) in [5.74, 6) is -0.445. The lowest BCUT2D eigenvalue weighted by Gasteiger charge is -2.13. The van der Waals surface area contributed by atoms with Crippen LogP contribution in [0.25, 0.3) is 6.08 Å². The van der Waals surface area contributed by atoms with Crippen molar-refractivity contribution in [1.82, 2.24) is 4.90 Å². The van der Waals surface area contributed by atoms with Crippen LogP contribution in [0.1, 0.15) is 22.3 Å². The molecule has 1 saturated heterocycles. The standard InChI is InChI=1S/C28H24BrFN2O5S/c1-16-10-21(29)22(11-17(16)2)31-26(33)15-37-23-9-6-19(12-24(23)36-3)13-25-27(34)32(28(35)38-25)14-18-4-7-20(30)8-5-18/h4-13H,14-15H2,1-3H3,(H,31,33)/b25-13+. The molecule has 0 radical (unpaired) electrons. The number of ether oxygens (including phenoxy) is 2. The SMILES string of the molecule is COc1cc(/C=C2/SC(=O)N(Cc3ccc(F)cc3)C2=O)ccc1OCC(=O)Nc1cc(C)c(C)cc1Br. The number of methoxy groups -OCH3 is 1. The molecule has 38 heavy (non-hydrogen) atoms. The van der Waals surface area contributed by atoms with Crippen molar-refractivity contribution in [3.8, 4) is 11.5 Å². The molecular formula is C28H24BrFN2O5S. The van der Waals surface area contributed by atoms with E-state index < -0.39 is 11.1 Å². The van der Waals surface area contributed by atoms with Gasteiger partial charge in [-0.25, -0.2) is 4.39 Å². The number of aryl methyl sites for hydroxylation is 2. The Labute approximate surface area is 232 Å². The number of carbonyl (C=O) groups excluding carboxylic acids is 3. The molecule has 0 bridgehead atoms. The van der Waals surface area contributed by atoms with E-state index in [1.165, 1.54) is 31.4 Å². The first-order valence-electron chi connectivity index (χ1n) is 11.5. The predicted octanol–water partition coefficient (Wildman–Crippen LogP) is 6.47. The van der Waals surface area contributed by atoms with Crippen LogP contribution >= 0.6 is 27.7 Å². The van der Waals surface area contributed by atoms with Crippen LogP contribution in [0.3, 0.4) is 0 Å². The van der Waals surface area contributed by atoms with E-state index in [0.29, 0.717) is 28.3 Å². The number of nitrogens with zero attached hydrogens (tertiary/aromatic N) is 1. The highest BCUT2D eigenvalue weighted by atomic mass is 79.9. The molecule has 1 heterocycles. The Morgan fingerprint density at radius 2 is 1.76 bits per heavy atom. The Bertz CT molecular complexity index is 1440. The molecule has 1 aliphatic rings. The van der Waals surface area contributed by atoms with Crippen molar-refractivity contribution in [2.45, 2.75) is 20.4 Å². The minimum absolute atomic E-state index is 0.0547. The van der Waals surface area contributed by atoms with E-state index in [9.17, 15) is 18.8 Å². The third kappa shape index (κ3) is 6.43. The lowest BCUT2D eigenvalue weighted by Crippen LogP contribution is -2.27. The molecule has 1 fully saturated rings. The van der Waals surface area contributed by atoms with E-state index in [2.05, 4.69) is 21.2 Å². The molecule has 0 spiro atoms. The highest BCUT2D eigenvalue weighted by Gasteiger charge is 2.35. The first kappa shape index (κ1) is 27.4. The van der Waals surface area contributed by atoms with Gasteiger partial charge >= 0.3 is 0 Å². The van der Waals surface area contributed by atoms with Gasteiger partial charge in [-0.2, -0.15) is 0 Å². The highest BCUT2D eigenvalue weighted by molar-refractivity contribution is 9.10. The van der Waals surface area contributed by atoms with Crippen molar-refractivity contribution in [1.29, 1.82) is 0 Å². The van der Waals surface area contributed by atoms with Gasteiger partial charge in [-0.05, 0) is 106 Å². The molecule has 4 rings (SSSR count). The fraction of sp³-hybridized carbons (Fsp3) is 0.179. The van der Waals surface area contributed by atoms with E-state index in [4.69, 9.17) is 9.47 Å². The monoisotopic (exact) mass is 598 g/mol. The summed E-state index contributed by atoms with van der Waals surface area (Å²) in [6.07, 6.45) is 1.59. The van der Waals surface area contributed by atoms with E-state index in [1.54, 1.807) is 24.3 Å². The van der Waals surface area contributed by atoms with Crippen LogP contribution in [0.15, 0.2) is 64.0 Å². The Balaban J connectivity index is 1.42. The second-order valence-corrected chi connectivity index (χ2v) is 10.4. The summed E-state index contributed by atoms with van der Waals surface area (Å²) in [7, 11) is 1.47. The molecule has 1 aliphatic heterocycles. The van der Waals surface area contributed by atoms with Crippen molar-refractivity contribution < 1.29 is 28.2 Å². The number of anilines is 1. The minimum Gasteiger partial charge on any atom is -0.493 e. The molecule has 0 aromatic heterocycles. The number of thioether (sulfide) groups is 1. The van der Waals surface area contributed by atoms with E-state index in [-0.39, 0.29) is 29.8 Å². The lowest BCUT2D eigenvalue weighted by atomic mass is 10.1. The third-order valence-electron chi connectivity index (χ3n) is 5.83. The first-order valence-corrected chi connectivity index (χ1v) is 13.1. The second kappa shape index (κ2) is 11.8. The molecule has 196 valence electrons. The molecular weight excluding hydrogens is 575 g/mol. The molecule has 3 aromatic rings. The first-order chi connectivity index (χ1) is 18.1. The number of hydrogen-bond acceptors (Lipinski definition) is 6. The van der Waals surface area contributed by atoms with E-state index in [0.717, 1.165) is 32.3 Å². The summed E-state index contributed by atoms with van der Waals surface area (Å²) in [4.78, 5) is 39.1. The largest absolute Gasteiger partial charge is 0.493 e. The zero-order valence-electron chi connectivity index (χ0n) is 20.8. The summed E-state index contributed by atoms with van der Waals surface area (Å²) >= 11 is 4.29. The van der Waals surface area contributed by atoms with Crippen LogP contribution in [-0.4, -0.2) is 35.7 Å². The molecule has 0 saturated carbocycles. The minimum atomic E-state index is -0.433. The number of imide groups is 1. The molecule has 0 unspecified atom stereocenters. The number of amides is 3. The predicted molar refractivity (Wildman–Crippen MR) is 149 cm³/mol. The van der Waals surface area contributed by atoms with Gasteiger partial charge in [0.1, 0.15) is 5.82 Å². The third-order valence-corrected chi connectivity index (χ3v) is 7.39. The average Bonchev–Trinajstić information content (AvgIpc) is 3.14. The summed E-state index contributed by atoms with van der Waals surface area (Å²) in [5, 5.41) is 2.42. The van der Waals surface area contributed by atoms with Gasteiger partial charge in [-0.1, -0.05) is 18.2 Å². The highest BCUT2D eigenvalue weighted by Crippen LogP contribution is 2.35. The van der Waals surface area contributed by atoms with Crippen molar-refractivity contribution in [3.05, 3.63) is 92.0 Å². The van der Waals surface area contributed by atoms with Gasteiger partial charge in [-0.15, -0.1) is 0 Å². The summed E-state index contributed by atoms with van der Waals surface area (Å²) in [6, 6.07) is 14.4. The summed E-state index contributed by atoms with van der Waals surface area (Å²) in [6.45, 7) is 3.77. The molecule has 3 amide bonds. The molecule has 0 atom stereocenters. The smallest absolute Gasteiger partial charge is 0.293 e. The zero-order chi connectivity index (χ0) is 27.4. The van der Waals surface area contributed by atoms with Crippen LogP contribution in [0.5, 0.6) is 11.5 Å². The van der Waals surface area contributed by atoms with Crippen molar-refractivity contribution >= 4 is 56.5 Å². The fourth-order valence-electron chi connectivity index (χ4n) is 3.66. The number of hydrogen-bond donors (Lipinski definition) is 1. The van der Waals surface area contributed by atoms with Gasteiger partial charge < -0.3 is 14.8 Å². The van der Waals surface area contributed by atoms with Crippen LogP contribution < -0.4 is 14.8 Å². The Morgan fingerprint density at radius 3 is 2.47 bits per heavy atom. The van der Waals surface area contributed by atoms with Crippen molar-refractivity contribution in [3.63, 3.8) is 0 Å². The van der Waals surface area contributed by atoms with Crippen LogP contribution in [0, 0.1) is 19.7 Å². The van der Waals surface area contributed by atoms with Gasteiger partial charge in [0.2, 0.25) is 0 Å². The maximum atomic E-state index is 13.2. The van der Waals surface area contributed by atoms with Crippen molar-refractivity contribution in [2.75, 3.05) is 19.0 Å². The molecule has 7 nitrogen and oxygen atoms in total. The van der Waals surface area contributed by atoms with E-state index in [1.807, 2.05) is 26.0 Å². The zero-order valence-corrected chi connectivity index (χ0v) is 23.2. The normalized spacial score (nSPS) is 14.2. The lowest BCUT2D eigenvalue weighted by molar-refractivity contribution is -0.123. The van der Waals surface area contributed by atoms with Gasteiger partial charge in [0.25, 0.3) is 17.1 Å². The molecule has 1 N–H and O–H groups in total. The summed E-state index contributed by atoms with van der Waals surface area (Å²) < 4.78 is 25.0. The number of nitrogens with one attached hydrogen (secondary N) is 1. The Kier molecular flexibility index (Phi) is 8.53. The molecule has 0 aliphatic carbocycles. The molecule has 3 aromatic carbocycles. The van der Waals surface area contributed by atoms with Gasteiger partial charge in [0.05, 0.1) is 24.2 Å². The topological polar surface area (TPSA) is 84.9 Å². The maximum absolute atomic E-state index is 13.2. The number of carbonyl (C=O) groups is 3. The Morgan fingerprint density at radius 1 is 1.05 bits per heavy atom. The van der Waals surface area contributed by atoms with Crippen LogP contribution in [0.2, 0.25) is 0 Å². The van der Waals surface area contributed by atoms with Crippen molar-refractivity contribution in [2.24, 2.45) is 0 Å². The number of halogens is 2. The van der Waals surface area contributed by atoms with Gasteiger partial charge in [-0.3, -0.25) is 19.3 Å². The van der Waals surface area contributed by atoms with Crippen LogP contribution in [0.4, 0.5) is 14.9 Å². The molecule has 10 heteroatoms. The maximum Gasteiger partial charge on any atom is 0.293 e.